The van der Waals surface area contributed by atoms with E-state index >= 15 is 0 Å². The number of methoxy groups -OCH3 is 1. The minimum Gasteiger partial charge on any atom is -0.463 e. The van der Waals surface area contributed by atoms with Gasteiger partial charge in [0.05, 0.1) is 7.11 Å². The number of carbonyl (C=O) groups is 1. The Hall–Kier alpha value is -1.69. The molecule has 0 radical (unpaired) electrons. The Kier molecular flexibility index (Phi) is 4.09. The molecule has 2 rings (SSSR count). The fraction of sp³-hybridized carbons (Fsp3) is 0.583. The van der Waals surface area contributed by atoms with Gasteiger partial charge in [-0.15, -0.1) is 0 Å². The normalized spacial score (nSPS) is 23.4. The van der Waals surface area contributed by atoms with Crippen LogP contribution < -0.4 is 10.6 Å². The molecule has 0 bridgehead atoms. The second-order valence-electron chi connectivity index (χ2n) is 4.48. The van der Waals surface area contributed by atoms with Crippen LogP contribution in [0.5, 0.6) is 0 Å². The Bertz CT molecular complexity index is 424. The third-order valence-electron chi connectivity index (χ3n) is 3.00. The molecule has 98 valence electrons. The van der Waals surface area contributed by atoms with Gasteiger partial charge in [0.1, 0.15) is 5.82 Å². The number of anilines is 1. The van der Waals surface area contributed by atoms with Gasteiger partial charge in [0.25, 0.3) is 0 Å². The smallest absolute Gasteiger partial charge is 0.376 e. The van der Waals surface area contributed by atoms with Gasteiger partial charge in [-0.2, -0.15) is 0 Å². The lowest BCUT2D eigenvalue weighted by molar-refractivity contribution is 0.0587. The highest BCUT2D eigenvalue weighted by molar-refractivity contribution is 5.85. The molecular weight excluding hydrogens is 232 g/mol. The maximum Gasteiger partial charge on any atom is 0.376 e. The molecule has 0 aliphatic carbocycles. The summed E-state index contributed by atoms with van der Waals surface area (Å²) in [7, 11) is 1.32. The van der Waals surface area contributed by atoms with E-state index in [1.54, 1.807) is 12.3 Å². The van der Waals surface area contributed by atoms with Gasteiger partial charge in [0, 0.05) is 18.3 Å². The van der Waals surface area contributed by atoms with Crippen LogP contribution in [0.1, 0.15) is 30.4 Å². The van der Waals surface area contributed by atoms with Crippen molar-refractivity contribution < 1.29 is 9.53 Å². The molecule has 1 saturated heterocycles. The lowest BCUT2D eigenvalue weighted by Gasteiger charge is -2.29. The third kappa shape index (κ3) is 3.16. The summed E-state index contributed by atoms with van der Waals surface area (Å²) in [5.41, 5.74) is 0. The van der Waals surface area contributed by atoms with Crippen LogP contribution in [0.15, 0.2) is 12.3 Å². The quantitative estimate of drug-likeness (QED) is 0.773. The lowest BCUT2D eigenvalue weighted by atomic mass is 10.0. The summed E-state index contributed by atoms with van der Waals surface area (Å²) in [4.78, 5) is 19.4. The first kappa shape index (κ1) is 12.8. The van der Waals surface area contributed by atoms with Gasteiger partial charge in [-0.25, -0.2) is 14.8 Å². The molecule has 0 spiro atoms. The van der Waals surface area contributed by atoms with Gasteiger partial charge in [0.15, 0.2) is 0 Å². The monoisotopic (exact) mass is 250 g/mol. The largest absolute Gasteiger partial charge is 0.463 e. The van der Waals surface area contributed by atoms with Gasteiger partial charge < -0.3 is 15.4 Å². The Morgan fingerprint density at radius 3 is 3.17 bits per heavy atom. The number of hydrogen-bond donors (Lipinski definition) is 2. The molecule has 1 aliphatic rings. The van der Waals surface area contributed by atoms with Crippen LogP contribution in [0.2, 0.25) is 0 Å². The molecule has 0 saturated carbocycles. The first-order valence-electron chi connectivity index (χ1n) is 6.10. The molecule has 0 aromatic carbocycles. The predicted octanol–water partition coefficient (Wildman–Crippen LogP) is 0.816. The van der Waals surface area contributed by atoms with Crippen LogP contribution in [0.25, 0.3) is 0 Å². The SMILES string of the molecule is COC(=O)c1nccc(NC2CCNC(C)C2)n1. The molecule has 1 aromatic heterocycles. The minimum absolute atomic E-state index is 0.0875. The summed E-state index contributed by atoms with van der Waals surface area (Å²) in [6.45, 7) is 3.15. The number of ether oxygens (including phenoxy) is 1. The molecule has 1 aromatic rings. The molecule has 1 fully saturated rings. The number of hydrogen-bond acceptors (Lipinski definition) is 6. The summed E-state index contributed by atoms with van der Waals surface area (Å²) in [6.07, 6.45) is 3.64. The Morgan fingerprint density at radius 2 is 2.44 bits per heavy atom. The molecule has 2 heterocycles. The van der Waals surface area contributed by atoms with Crippen molar-refractivity contribution in [3.05, 3.63) is 18.1 Å². The number of nitrogens with one attached hydrogen (secondary N) is 2. The van der Waals surface area contributed by atoms with E-state index in [1.165, 1.54) is 7.11 Å². The van der Waals surface area contributed by atoms with E-state index in [0.29, 0.717) is 17.9 Å². The Morgan fingerprint density at radius 1 is 1.61 bits per heavy atom. The van der Waals surface area contributed by atoms with Gasteiger partial charge in [-0.3, -0.25) is 0 Å². The van der Waals surface area contributed by atoms with Crippen LogP contribution in [0, 0.1) is 0 Å². The molecule has 2 unspecified atom stereocenters. The Balaban J connectivity index is 2.02. The zero-order valence-electron chi connectivity index (χ0n) is 10.6. The fourth-order valence-corrected chi connectivity index (χ4v) is 2.10. The first-order valence-corrected chi connectivity index (χ1v) is 6.10. The van der Waals surface area contributed by atoms with Gasteiger partial charge >= 0.3 is 5.97 Å². The molecule has 6 heteroatoms. The van der Waals surface area contributed by atoms with Crippen molar-refractivity contribution in [2.24, 2.45) is 0 Å². The van der Waals surface area contributed by atoms with E-state index in [1.807, 2.05) is 0 Å². The number of nitrogens with zero attached hydrogens (tertiary/aromatic N) is 2. The van der Waals surface area contributed by atoms with E-state index in [-0.39, 0.29) is 5.82 Å². The number of rotatable bonds is 3. The second kappa shape index (κ2) is 5.77. The highest BCUT2D eigenvalue weighted by Gasteiger charge is 2.19. The van der Waals surface area contributed by atoms with Crippen molar-refractivity contribution >= 4 is 11.8 Å². The summed E-state index contributed by atoms with van der Waals surface area (Å²) in [5.74, 6) is 0.242. The zero-order valence-corrected chi connectivity index (χ0v) is 10.6. The molecular formula is C12H18N4O2. The average Bonchev–Trinajstić information content (AvgIpc) is 2.38. The maximum absolute atomic E-state index is 11.3. The van der Waals surface area contributed by atoms with E-state index in [4.69, 9.17) is 0 Å². The lowest BCUT2D eigenvalue weighted by Crippen LogP contribution is -2.41. The maximum atomic E-state index is 11.3. The molecule has 1 aliphatic heterocycles. The van der Waals surface area contributed by atoms with E-state index in [2.05, 4.69) is 32.3 Å². The molecule has 2 atom stereocenters. The van der Waals surface area contributed by atoms with Gasteiger partial charge in [-0.05, 0) is 32.4 Å². The van der Waals surface area contributed by atoms with E-state index < -0.39 is 5.97 Å². The first-order chi connectivity index (χ1) is 8.69. The highest BCUT2D eigenvalue weighted by Crippen LogP contribution is 2.14. The van der Waals surface area contributed by atoms with Gasteiger partial charge in [0.2, 0.25) is 5.82 Å². The molecule has 6 nitrogen and oxygen atoms in total. The second-order valence-corrected chi connectivity index (χ2v) is 4.48. The van der Waals surface area contributed by atoms with E-state index in [9.17, 15) is 4.79 Å². The number of carbonyl (C=O) groups excluding carboxylic acids is 1. The van der Waals surface area contributed by atoms with E-state index in [0.717, 1.165) is 19.4 Å². The standard InChI is InChI=1S/C12H18N4O2/c1-8-7-9(3-5-13-8)15-10-4-6-14-11(16-10)12(17)18-2/h4,6,8-9,13H,3,5,7H2,1-2H3,(H,14,15,16). The average molecular weight is 250 g/mol. The van der Waals surface area contributed by atoms with Crippen LogP contribution in [0.3, 0.4) is 0 Å². The van der Waals surface area contributed by atoms with Crippen molar-refractivity contribution in [3.8, 4) is 0 Å². The number of esters is 1. The molecule has 2 N–H and O–H groups in total. The van der Waals surface area contributed by atoms with Crippen molar-refractivity contribution in [3.63, 3.8) is 0 Å². The Labute approximate surface area is 106 Å². The van der Waals surface area contributed by atoms with Crippen LogP contribution in [0.4, 0.5) is 5.82 Å². The van der Waals surface area contributed by atoms with Crippen LogP contribution >= 0.6 is 0 Å². The number of piperidine rings is 1. The summed E-state index contributed by atoms with van der Waals surface area (Å²) in [5, 5.41) is 6.72. The predicted molar refractivity (Wildman–Crippen MR) is 67.5 cm³/mol. The topological polar surface area (TPSA) is 76.1 Å². The third-order valence-corrected chi connectivity index (χ3v) is 3.00. The van der Waals surface area contributed by atoms with Crippen LogP contribution in [-0.4, -0.2) is 41.7 Å². The zero-order chi connectivity index (χ0) is 13.0. The molecule has 18 heavy (non-hydrogen) atoms. The minimum atomic E-state index is -0.516. The van der Waals surface area contributed by atoms with Crippen LogP contribution in [-0.2, 0) is 4.74 Å². The highest BCUT2D eigenvalue weighted by atomic mass is 16.5. The van der Waals surface area contributed by atoms with Crippen molar-refractivity contribution in [1.29, 1.82) is 0 Å². The van der Waals surface area contributed by atoms with Crippen molar-refractivity contribution in [2.75, 3.05) is 19.0 Å². The fourth-order valence-electron chi connectivity index (χ4n) is 2.10. The summed E-state index contributed by atoms with van der Waals surface area (Å²) >= 11 is 0. The van der Waals surface area contributed by atoms with Gasteiger partial charge in [-0.1, -0.05) is 0 Å². The molecule has 0 amide bonds. The van der Waals surface area contributed by atoms with Crippen molar-refractivity contribution in [2.45, 2.75) is 31.8 Å². The van der Waals surface area contributed by atoms with Crippen molar-refractivity contribution in [1.82, 2.24) is 15.3 Å². The number of aromatic nitrogens is 2. The summed E-state index contributed by atoms with van der Waals surface area (Å²) < 4.78 is 4.60. The summed E-state index contributed by atoms with van der Waals surface area (Å²) in [6, 6.07) is 2.64.